The predicted octanol–water partition coefficient (Wildman–Crippen LogP) is 1.21. The van der Waals surface area contributed by atoms with E-state index in [-0.39, 0.29) is 5.97 Å². The molecule has 1 aromatic heterocycles. The maximum absolute atomic E-state index is 12.0. The van der Waals surface area contributed by atoms with Gasteiger partial charge in [-0.15, -0.1) is 0 Å². The van der Waals surface area contributed by atoms with Gasteiger partial charge in [-0.05, 0) is 12.5 Å². The number of ether oxygens (including phenoxy) is 1. The number of rotatable bonds is 6. The summed E-state index contributed by atoms with van der Waals surface area (Å²) in [5.41, 5.74) is 0.863. The minimum atomic E-state index is -0.514. The third kappa shape index (κ3) is 3.64. The van der Waals surface area contributed by atoms with Gasteiger partial charge in [0.2, 0.25) is 0 Å². The van der Waals surface area contributed by atoms with Crippen LogP contribution in [0.1, 0.15) is 24.4 Å². The van der Waals surface area contributed by atoms with Crippen molar-refractivity contribution in [3.63, 3.8) is 0 Å². The first-order chi connectivity index (χ1) is 9.70. The maximum Gasteiger partial charge on any atom is 0.327 e. The summed E-state index contributed by atoms with van der Waals surface area (Å²) in [6.07, 6.45) is 1.62. The Morgan fingerprint density at radius 2 is 2.15 bits per heavy atom. The molecule has 1 atom stereocenters. The van der Waals surface area contributed by atoms with Crippen molar-refractivity contribution < 1.29 is 9.53 Å². The molecule has 0 bridgehead atoms. The van der Waals surface area contributed by atoms with Crippen LogP contribution in [0.2, 0.25) is 0 Å². The topological polar surface area (TPSA) is 69.0 Å². The van der Waals surface area contributed by atoms with Crippen LogP contribution in [-0.4, -0.2) is 27.3 Å². The summed E-state index contributed by atoms with van der Waals surface area (Å²) in [4.78, 5) is 16.2. The molecule has 0 spiro atoms. The fourth-order valence-electron chi connectivity index (χ4n) is 1.87. The minimum Gasteiger partial charge on any atom is -0.465 e. The number of aromatic nitrogens is 3. The molecule has 0 aliphatic heterocycles. The van der Waals surface area contributed by atoms with Crippen LogP contribution in [0.3, 0.4) is 0 Å². The molecule has 1 unspecified atom stereocenters. The van der Waals surface area contributed by atoms with Crippen LogP contribution in [0.5, 0.6) is 0 Å². The molecule has 1 N–H and O–H groups in total. The maximum atomic E-state index is 12.0. The van der Waals surface area contributed by atoms with E-state index >= 15 is 0 Å². The highest BCUT2D eigenvalue weighted by molar-refractivity contribution is 5.77. The van der Waals surface area contributed by atoms with Gasteiger partial charge in [-0.3, -0.25) is 10.00 Å². The summed E-state index contributed by atoms with van der Waals surface area (Å²) in [5, 5.41) is 7.31. The van der Waals surface area contributed by atoms with E-state index in [2.05, 4.69) is 15.4 Å². The quantitative estimate of drug-likeness (QED) is 0.802. The minimum absolute atomic E-state index is 0.297. The lowest BCUT2D eigenvalue weighted by Gasteiger charge is -2.16. The Bertz CT molecular complexity index is 553. The number of esters is 1. The van der Waals surface area contributed by atoms with E-state index in [4.69, 9.17) is 4.74 Å². The molecule has 106 valence electrons. The van der Waals surface area contributed by atoms with Gasteiger partial charge in [-0.25, -0.2) is 9.78 Å². The summed E-state index contributed by atoms with van der Waals surface area (Å²) in [5.74, 6) is 0.340. The zero-order chi connectivity index (χ0) is 14.4. The second kappa shape index (κ2) is 6.81. The SMILES string of the molecule is CCOC(=O)C(NCc1ncn(C)n1)c1ccccc1. The van der Waals surface area contributed by atoms with Crippen LogP contribution in [-0.2, 0) is 23.1 Å². The summed E-state index contributed by atoms with van der Waals surface area (Å²) >= 11 is 0. The molecule has 0 saturated carbocycles. The van der Waals surface area contributed by atoms with Crippen molar-refractivity contribution in [1.29, 1.82) is 0 Å². The molecule has 0 fully saturated rings. The van der Waals surface area contributed by atoms with Gasteiger partial charge in [0.25, 0.3) is 0 Å². The monoisotopic (exact) mass is 274 g/mol. The number of nitrogens with one attached hydrogen (secondary N) is 1. The van der Waals surface area contributed by atoms with E-state index in [1.165, 1.54) is 0 Å². The van der Waals surface area contributed by atoms with Gasteiger partial charge in [0.1, 0.15) is 12.4 Å². The zero-order valence-electron chi connectivity index (χ0n) is 11.6. The Hall–Kier alpha value is -2.21. The standard InChI is InChI=1S/C14H18N4O2/c1-3-20-14(19)13(11-7-5-4-6-8-11)15-9-12-16-10-18(2)17-12/h4-8,10,13,15H,3,9H2,1-2H3. The molecule has 2 aromatic rings. The lowest BCUT2D eigenvalue weighted by molar-refractivity contribution is -0.145. The lowest BCUT2D eigenvalue weighted by atomic mass is 10.1. The summed E-state index contributed by atoms with van der Waals surface area (Å²) < 4.78 is 6.73. The van der Waals surface area contributed by atoms with Crippen molar-refractivity contribution >= 4 is 5.97 Å². The second-order valence-electron chi connectivity index (χ2n) is 4.31. The molecule has 0 amide bonds. The van der Waals surface area contributed by atoms with Crippen LogP contribution >= 0.6 is 0 Å². The number of hydrogen-bond donors (Lipinski definition) is 1. The number of hydrogen-bond acceptors (Lipinski definition) is 5. The Morgan fingerprint density at radius 1 is 1.40 bits per heavy atom. The average molecular weight is 274 g/mol. The Kier molecular flexibility index (Phi) is 4.84. The van der Waals surface area contributed by atoms with Crippen molar-refractivity contribution in [1.82, 2.24) is 20.1 Å². The average Bonchev–Trinajstić information content (AvgIpc) is 2.86. The zero-order valence-corrected chi connectivity index (χ0v) is 11.6. The molecular weight excluding hydrogens is 256 g/mol. The Morgan fingerprint density at radius 3 is 2.75 bits per heavy atom. The summed E-state index contributed by atoms with van der Waals surface area (Å²) in [6, 6.07) is 8.96. The van der Waals surface area contributed by atoms with Gasteiger partial charge in [-0.1, -0.05) is 30.3 Å². The molecule has 6 nitrogen and oxygen atoms in total. The van der Waals surface area contributed by atoms with Crippen molar-refractivity contribution in [2.45, 2.75) is 19.5 Å². The molecule has 0 saturated heterocycles. The van der Waals surface area contributed by atoms with Crippen LogP contribution < -0.4 is 5.32 Å². The van der Waals surface area contributed by atoms with E-state index in [9.17, 15) is 4.79 Å². The number of benzene rings is 1. The summed E-state index contributed by atoms with van der Waals surface area (Å²) in [7, 11) is 1.80. The molecule has 6 heteroatoms. The van der Waals surface area contributed by atoms with E-state index in [0.717, 1.165) is 5.56 Å². The summed E-state index contributed by atoms with van der Waals surface area (Å²) in [6.45, 7) is 2.55. The molecule has 0 radical (unpaired) electrons. The molecule has 20 heavy (non-hydrogen) atoms. The van der Waals surface area contributed by atoms with Crippen molar-refractivity contribution in [3.8, 4) is 0 Å². The molecule has 1 heterocycles. The fraction of sp³-hybridized carbons (Fsp3) is 0.357. The molecule has 0 aliphatic carbocycles. The highest BCUT2D eigenvalue weighted by Gasteiger charge is 2.21. The third-order valence-electron chi connectivity index (χ3n) is 2.77. The van der Waals surface area contributed by atoms with Gasteiger partial charge in [0, 0.05) is 7.05 Å². The van der Waals surface area contributed by atoms with Crippen LogP contribution in [0.25, 0.3) is 0 Å². The van der Waals surface area contributed by atoms with Gasteiger partial charge in [0.05, 0.1) is 13.2 Å². The Labute approximate surface area is 117 Å². The molecule has 1 aromatic carbocycles. The number of aryl methyl sites for hydroxylation is 1. The first kappa shape index (κ1) is 14.2. The highest BCUT2D eigenvalue weighted by atomic mass is 16.5. The van der Waals surface area contributed by atoms with Crippen LogP contribution in [0, 0.1) is 0 Å². The van der Waals surface area contributed by atoms with Gasteiger partial charge >= 0.3 is 5.97 Å². The normalized spacial score (nSPS) is 12.1. The van der Waals surface area contributed by atoms with E-state index in [0.29, 0.717) is 19.0 Å². The second-order valence-corrected chi connectivity index (χ2v) is 4.31. The number of carbonyl (C=O) groups excluding carboxylic acids is 1. The van der Waals surface area contributed by atoms with Crippen molar-refractivity contribution in [2.24, 2.45) is 7.05 Å². The first-order valence-electron chi connectivity index (χ1n) is 6.50. The van der Waals surface area contributed by atoms with Crippen molar-refractivity contribution in [2.75, 3.05) is 6.61 Å². The van der Waals surface area contributed by atoms with Crippen LogP contribution in [0.15, 0.2) is 36.7 Å². The predicted molar refractivity (Wildman–Crippen MR) is 73.7 cm³/mol. The largest absolute Gasteiger partial charge is 0.465 e. The van der Waals surface area contributed by atoms with E-state index < -0.39 is 6.04 Å². The highest BCUT2D eigenvalue weighted by Crippen LogP contribution is 2.14. The van der Waals surface area contributed by atoms with E-state index in [1.54, 1.807) is 25.0 Å². The lowest BCUT2D eigenvalue weighted by Crippen LogP contribution is -2.30. The molecule has 0 aliphatic rings. The molecule has 2 rings (SSSR count). The van der Waals surface area contributed by atoms with E-state index in [1.807, 2.05) is 30.3 Å². The van der Waals surface area contributed by atoms with Crippen molar-refractivity contribution in [3.05, 3.63) is 48.0 Å². The first-order valence-corrected chi connectivity index (χ1v) is 6.50. The third-order valence-corrected chi connectivity index (χ3v) is 2.77. The van der Waals surface area contributed by atoms with Gasteiger partial charge < -0.3 is 4.74 Å². The Balaban J connectivity index is 2.08. The number of carbonyl (C=O) groups is 1. The molecular formula is C14H18N4O2. The van der Waals surface area contributed by atoms with Gasteiger partial charge in [-0.2, -0.15) is 5.10 Å². The number of nitrogens with zero attached hydrogens (tertiary/aromatic N) is 3. The smallest absolute Gasteiger partial charge is 0.327 e. The van der Waals surface area contributed by atoms with Gasteiger partial charge in [0.15, 0.2) is 5.82 Å². The fourth-order valence-corrected chi connectivity index (χ4v) is 1.87. The van der Waals surface area contributed by atoms with Crippen LogP contribution in [0.4, 0.5) is 0 Å².